The van der Waals surface area contributed by atoms with Crippen LogP contribution in [0.25, 0.3) is 0 Å². The van der Waals surface area contributed by atoms with Gasteiger partial charge in [0.2, 0.25) is 0 Å². The van der Waals surface area contributed by atoms with Crippen molar-refractivity contribution < 1.29 is 9.53 Å². The van der Waals surface area contributed by atoms with Gasteiger partial charge in [-0.25, -0.2) is 9.78 Å². The van der Waals surface area contributed by atoms with Crippen molar-refractivity contribution in [3.05, 3.63) is 35.7 Å². The summed E-state index contributed by atoms with van der Waals surface area (Å²) in [6, 6.07) is 2.01. The molecule has 1 aliphatic rings. The molecule has 1 fully saturated rings. The lowest BCUT2D eigenvalue weighted by Gasteiger charge is -2.10. The molecule has 3 heterocycles. The number of hydrogen-bond donors (Lipinski definition) is 0. The number of imidazole rings is 1. The standard InChI is InChI=1S/C12H13N3O2S/c1-9-4-11(18-7-9)15-6-10(17-12(15)16)5-14-3-2-13-8-14/h2-4,7-8,10H,5-6H2,1H3/t10-/m0/s1. The quantitative estimate of drug-likeness (QED) is 0.853. The Bertz CT molecular complexity index is 549. The number of cyclic esters (lactones) is 1. The summed E-state index contributed by atoms with van der Waals surface area (Å²) in [4.78, 5) is 17.5. The van der Waals surface area contributed by atoms with Crippen LogP contribution in [0.4, 0.5) is 9.80 Å². The molecule has 1 amide bonds. The van der Waals surface area contributed by atoms with E-state index >= 15 is 0 Å². The summed E-state index contributed by atoms with van der Waals surface area (Å²) in [5, 5.41) is 2.98. The Kier molecular flexibility index (Phi) is 2.79. The Morgan fingerprint density at radius 1 is 1.61 bits per heavy atom. The number of anilines is 1. The Hall–Kier alpha value is -1.82. The van der Waals surface area contributed by atoms with Gasteiger partial charge in [-0.3, -0.25) is 4.90 Å². The molecular formula is C12H13N3O2S. The summed E-state index contributed by atoms with van der Waals surface area (Å²) in [6.45, 7) is 3.26. The topological polar surface area (TPSA) is 47.4 Å². The number of ether oxygens (including phenoxy) is 1. The molecule has 18 heavy (non-hydrogen) atoms. The van der Waals surface area contributed by atoms with Gasteiger partial charge < -0.3 is 9.30 Å². The van der Waals surface area contributed by atoms with Gasteiger partial charge in [0.15, 0.2) is 0 Å². The summed E-state index contributed by atoms with van der Waals surface area (Å²) in [5.74, 6) is 0. The molecule has 0 bridgehead atoms. The maximum atomic E-state index is 11.8. The van der Waals surface area contributed by atoms with Crippen molar-refractivity contribution >= 4 is 22.4 Å². The van der Waals surface area contributed by atoms with Gasteiger partial charge in [0.1, 0.15) is 11.1 Å². The van der Waals surface area contributed by atoms with Gasteiger partial charge in [-0.05, 0) is 23.9 Å². The molecule has 94 valence electrons. The number of hydrogen-bond acceptors (Lipinski definition) is 4. The molecule has 0 aromatic carbocycles. The number of aromatic nitrogens is 2. The van der Waals surface area contributed by atoms with Gasteiger partial charge in [-0.15, -0.1) is 11.3 Å². The molecule has 0 spiro atoms. The van der Waals surface area contributed by atoms with Crippen molar-refractivity contribution in [3.8, 4) is 0 Å². The molecule has 1 atom stereocenters. The van der Waals surface area contributed by atoms with Crippen LogP contribution in [0, 0.1) is 6.92 Å². The Balaban J connectivity index is 1.70. The molecule has 0 aliphatic carbocycles. The average Bonchev–Trinajstić information content (AvgIpc) is 3.02. The first kappa shape index (κ1) is 11.3. The molecule has 1 aliphatic heterocycles. The smallest absolute Gasteiger partial charge is 0.415 e. The number of amides is 1. The van der Waals surface area contributed by atoms with Crippen molar-refractivity contribution in [3.63, 3.8) is 0 Å². The number of aryl methyl sites for hydroxylation is 1. The van der Waals surface area contributed by atoms with Crippen LogP contribution in [0.1, 0.15) is 5.56 Å². The zero-order valence-electron chi connectivity index (χ0n) is 9.94. The Morgan fingerprint density at radius 3 is 3.17 bits per heavy atom. The normalized spacial score (nSPS) is 19.3. The number of rotatable bonds is 3. The number of carbonyl (C=O) groups is 1. The molecule has 0 N–H and O–H groups in total. The molecule has 0 saturated carbocycles. The minimum atomic E-state index is -0.262. The van der Waals surface area contributed by atoms with Crippen LogP contribution in [0.15, 0.2) is 30.2 Å². The molecule has 0 radical (unpaired) electrons. The van der Waals surface area contributed by atoms with Gasteiger partial charge >= 0.3 is 6.09 Å². The van der Waals surface area contributed by atoms with Gasteiger partial charge in [0.05, 0.1) is 19.4 Å². The van der Waals surface area contributed by atoms with E-state index in [1.807, 2.05) is 29.1 Å². The molecular weight excluding hydrogens is 250 g/mol. The van der Waals surface area contributed by atoms with E-state index < -0.39 is 0 Å². The zero-order chi connectivity index (χ0) is 12.5. The van der Waals surface area contributed by atoms with Gasteiger partial charge in [0, 0.05) is 12.4 Å². The first-order valence-electron chi connectivity index (χ1n) is 5.71. The van der Waals surface area contributed by atoms with Gasteiger partial charge in [-0.1, -0.05) is 0 Å². The second-order valence-electron chi connectivity index (χ2n) is 4.34. The minimum absolute atomic E-state index is 0.117. The summed E-state index contributed by atoms with van der Waals surface area (Å²) < 4.78 is 7.27. The Labute approximate surface area is 109 Å². The maximum absolute atomic E-state index is 11.8. The molecule has 2 aromatic rings. The van der Waals surface area contributed by atoms with Crippen LogP contribution >= 0.6 is 11.3 Å². The lowest BCUT2D eigenvalue weighted by molar-refractivity contribution is 0.132. The van der Waals surface area contributed by atoms with E-state index in [-0.39, 0.29) is 12.2 Å². The highest BCUT2D eigenvalue weighted by Crippen LogP contribution is 2.28. The van der Waals surface area contributed by atoms with Crippen LogP contribution in [-0.4, -0.2) is 28.3 Å². The molecule has 1 saturated heterocycles. The van der Waals surface area contributed by atoms with E-state index in [0.29, 0.717) is 13.1 Å². The zero-order valence-corrected chi connectivity index (χ0v) is 10.8. The first-order chi connectivity index (χ1) is 8.72. The fourth-order valence-electron chi connectivity index (χ4n) is 1.98. The lowest BCUT2D eigenvalue weighted by atomic mass is 10.3. The minimum Gasteiger partial charge on any atom is -0.442 e. The molecule has 6 heteroatoms. The molecule has 5 nitrogen and oxygen atoms in total. The SMILES string of the molecule is Cc1csc(N2C[C@H](Cn3ccnc3)OC2=O)c1. The van der Waals surface area contributed by atoms with E-state index in [1.54, 1.807) is 28.8 Å². The predicted molar refractivity (Wildman–Crippen MR) is 68.9 cm³/mol. The van der Waals surface area contributed by atoms with Crippen LogP contribution in [0.2, 0.25) is 0 Å². The predicted octanol–water partition coefficient (Wildman–Crippen LogP) is 2.28. The fraction of sp³-hybridized carbons (Fsp3) is 0.333. The van der Waals surface area contributed by atoms with E-state index in [2.05, 4.69) is 4.98 Å². The largest absolute Gasteiger partial charge is 0.442 e. The van der Waals surface area contributed by atoms with Crippen LogP contribution in [-0.2, 0) is 11.3 Å². The molecule has 0 unspecified atom stereocenters. The summed E-state index contributed by atoms with van der Waals surface area (Å²) in [5.41, 5.74) is 1.17. The van der Waals surface area contributed by atoms with E-state index in [9.17, 15) is 4.79 Å². The number of nitrogens with zero attached hydrogens (tertiary/aromatic N) is 3. The lowest BCUT2D eigenvalue weighted by Crippen LogP contribution is -2.24. The second kappa shape index (κ2) is 4.45. The monoisotopic (exact) mass is 263 g/mol. The van der Waals surface area contributed by atoms with Crippen molar-refractivity contribution in [2.75, 3.05) is 11.4 Å². The van der Waals surface area contributed by atoms with Crippen LogP contribution in [0.5, 0.6) is 0 Å². The maximum Gasteiger partial charge on any atom is 0.415 e. The molecule has 3 rings (SSSR count). The van der Waals surface area contributed by atoms with Crippen molar-refractivity contribution in [2.45, 2.75) is 19.6 Å². The van der Waals surface area contributed by atoms with Crippen LogP contribution in [0.3, 0.4) is 0 Å². The number of thiophene rings is 1. The van der Waals surface area contributed by atoms with Gasteiger partial charge in [-0.2, -0.15) is 0 Å². The summed E-state index contributed by atoms with van der Waals surface area (Å²) in [7, 11) is 0. The number of carbonyl (C=O) groups excluding carboxylic acids is 1. The van der Waals surface area contributed by atoms with E-state index in [1.165, 1.54) is 5.56 Å². The van der Waals surface area contributed by atoms with Crippen molar-refractivity contribution in [1.82, 2.24) is 9.55 Å². The first-order valence-corrected chi connectivity index (χ1v) is 6.59. The summed E-state index contributed by atoms with van der Waals surface area (Å²) >= 11 is 1.57. The summed E-state index contributed by atoms with van der Waals surface area (Å²) in [6.07, 6.45) is 4.94. The highest BCUT2D eigenvalue weighted by Gasteiger charge is 2.33. The average molecular weight is 263 g/mol. The fourth-order valence-corrected chi connectivity index (χ4v) is 2.89. The highest BCUT2D eigenvalue weighted by atomic mass is 32.1. The third-order valence-electron chi connectivity index (χ3n) is 2.83. The Morgan fingerprint density at radius 2 is 2.50 bits per heavy atom. The molecule has 2 aromatic heterocycles. The van der Waals surface area contributed by atoms with Crippen molar-refractivity contribution in [1.29, 1.82) is 0 Å². The third-order valence-corrected chi connectivity index (χ3v) is 3.90. The van der Waals surface area contributed by atoms with Crippen molar-refractivity contribution in [2.24, 2.45) is 0 Å². The third kappa shape index (κ3) is 2.11. The highest BCUT2D eigenvalue weighted by molar-refractivity contribution is 7.14. The van der Waals surface area contributed by atoms with Gasteiger partial charge in [0.25, 0.3) is 0 Å². The van der Waals surface area contributed by atoms with Crippen LogP contribution < -0.4 is 4.90 Å². The second-order valence-corrected chi connectivity index (χ2v) is 5.23. The van der Waals surface area contributed by atoms with E-state index in [4.69, 9.17) is 4.74 Å². The van der Waals surface area contributed by atoms with E-state index in [0.717, 1.165) is 5.00 Å².